The molecule has 0 heterocycles. The Balaban J connectivity index is 1.65. The summed E-state index contributed by atoms with van der Waals surface area (Å²) < 4.78 is 23.0. The molecule has 3 aromatic carbocycles. The van der Waals surface area contributed by atoms with Gasteiger partial charge in [0.1, 0.15) is 0 Å². The summed E-state index contributed by atoms with van der Waals surface area (Å²) in [4.78, 5) is 37.2. The van der Waals surface area contributed by atoms with Crippen LogP contribution in [-0.2, 0) is 9.84 Å². The van der Waals surface area contributed by atoms with Crippen molar-refractivity contribution >= 4 is 33.2 Å². The number of nitrogens with one attached hydrogen (secondary N) is 3. The van der Waals surface area contributed by atoms with E-state index in [9.17, 15) is 22.8 Å². The van der Waals surface area contributed by atoms with E-state index in [0.29, 0.717) is 11.3 Å². The zero-order chi connectivity index (χ0) is 23.3. The molecule has 0 saturated heterocycles. The molecule has 0 unspecified atom stereocenters. The summed E-state index contributed by atoms with van der Waals surface area (Å²) in [6.07, 6.45) is 1.07. The quantitative estimate of drug-likeness (QED) is 0.515. The number of amides is 3. The van der Waals surface area contributed by atoms with Crippen LogP contribution in [0.25, 0.3) is 0 Å². The third-order valence-electron chi connectivity index (χ3n) is 4.62. The van der Waals surface area contributed by atoms with Crippen molar-refractivity contribution < 1.29 is 22.8 Å². The second-order valence-corrected chi connectivity index (χ2v) is 9.07. The van der Waals surface area contributed by atoms with Crippen LogP contribution in [-0.4, -0.2) is 32.4 Å². The molecule has 0 bridgehead atoms. The fourth-order valence-corrected chi connectivity index (χ4v) is 3.42. The van der Waals surface area contributed by atoms with Gasteiger partial charge in [0.05, 0.1) is 4.90 Å². The lowest BCUT2D eigenvalue weighted by molar-refractivity contribution is 0.0846. The lowest BCUT2D eigenvalue weighted by Crippen LogP contribution is -2.41. The number of sulfone groups is 1. The maximum atomic E-state index is 12.5. The summed E-state index contributed by atoms with van der Waals surface area (Å²) in [5.74, 6) is -1.50. The van der Waals surface area contributed by atoms with Crippen molar-refractivity contribution in [1.29, 1.82) is 0 Å². The number of benzene rings is 3. The van der Waals surface area contributed by atoms with Crippen LogP contribution >= 0.6 is 0 Å². The SMILES string of the molecule is Cc1ccc(C(=O)NNC(=O)c2ccc(S(C)(=O)=O)cc2)cc1NC(=O)c1ccccc1. The standard InChI is InChI=1S/C23H21N3O5S/c1-15-8-9-18(14-20(15)24-21(27)16-6-4-3-5-7-16)23(29)26-25-22(28)17-10-12-19(13-11-17)32(2,30)31/h3-14H,1-2H3,(H,24,27)(H,25,28)(H,26,29). The first-order chi connectivity index (χ1) is 15.1. The molecule has 3 N–H and O–H groups in total. The Bertz CT molecular complexity index is 1270. The number of carbonyl (C=O) groups excluding carboxylic acids is 3. The highest BCUT2D eigenvalue weighted by atomic mass is 32.2. The molecule has 0 aliphatic carbocycles. The summed E-state index contributed by atoms with van der Waals surface area (Å²) in [6.45, 7) is 1.80. The minimum atomic E-state index is -3.37. The Kier molecular flexibility index (Phi) is 6.70. The summed E-state index contributed by atoms with van der Waals surface area (Å²) in [5.41, 5.74) is 6.71. The van der Waals surface area contributed by atoms with Crippen molar-refractivity contribution in [3.05, 3.63) is 95.1 Å². The molecular formula is C23H21N3O5S. The molecule has 32 heavy (non-hydrogen) atoms. The van der Waals surface area contributed by atoms with Crippen LogP contribution in [0.4, 0.5) is 5.69 Å². The average molecular weight is 452 g/mol. The Morgan fingerprint density at radius 3 is 1.81 bits per heavy atom. The smallest absolute Gasteiger partial charge is 0.269 e. The van der Waals surface area contributed by atoms with E-state index in [1.54, 1.807) is 49.4 Å². The predicted octanol–water partition coefficient (Wildman–Crippen LogP) is 2.73. The fourth-order valence-electron chi connectivity index (χ4n) is 2.79. The lowest BCUT2D eigenvalue weighted by Gasteiger charge is -2.12. The van der Waals surface area contributed by atoms with Crippen molar-refractivity contribution in [2.45, 2.75) is 11.8 Å². The minimum Gasteiger partial charge on any atom is -0.322 e. The molecule has 0 aromatic heterocycles. The van der Waals surface area contributed by atoms with Gasteiger partial charge in [0, 0.05) is 28.6 Å². The van der Waals surface area contributed by atoms with Crippen LogP contribution in [0.5, 0.6) is 0 Å². The van der Waals surface area contributed by atoms with Gasteiger partial charge in [0.25, 0.3) is 17.7 Å². The minimum absolute atomic E-state index is 0.0859. The van der Waals surface area contributed by atoms with Gasteiger partial charge in [-0.2, -0.15) is 0 Å². The van der Waals surface area contributed by atoms with Crippen LogP contribution in [0.1, 0.15) is 36.6 Å². The molecule has 0 aliphatic heterocycles. The molecule has 8 nitrogen and oxygen atoms in total. The van der Waals surface area contributed by atoms with E-state index in [4.69, 9.17) is 0 Å². The van der Waals surface area contributed by atoms with Crippen LogP contribution < -0.4 is 16.2 Å². The van der Waals surface area contributed by atoms with Gasteiger partial charge in [-0.25, -0.2) is 8.42 Å². The Labute approximate surface area is 185 Å². The molecule has 0 aliphatic rings. The van der Waals surface area contributed by atoms with Crippen LogP contribution in [0.2, 0.25) is 0 Å². The molecule has 3 amide bonds. The number of hydrazine groups is 1. The number of hydrogen-bond donors (Lipinski definition) is 3. The first-order valence-electron chi connectivity index (χ1n) is 9.53. The van der Waals surface area contributed by atoms with Crippen LogP contribution in [0.3, 0.4) is 0 Å². The maximum Gasteiger partial charge on any atom is 0.269 e. The Morgan fingerprint density at radius 1 is 0.688 bits per heavy atom. The molecular weight excluding hydrogens is 430 g/mol. The van der Waals surface area contributed by atoms with Crippen molar-refractivity contribution in [1.82, 2.24) is 10.9 Å². The van der Waals surface area contributed by atoms with Crippen molar-refractivity contribution in [3.8, 4) is 0 Å². The van der Waals surface area contributed by atoms with Gasteiger partial charge in [-0.15, -0.1) is 0 Å². The Hall–Kier alpha value is -3.98. The number of rotatable bonds is 5. The van der Waals surface area contributed by atoms with Gasteiger partial charge in [0.15, 0.2) is 9.84 Å². The van der Waals surface area contributed by atoms with Crippen LogP contribution in [0.15, 0.2) is 77.7 Å². The first kappa shape index (κ1) is 22.7. The lowest BCUT2D eigenvalue weighted by atomic mass is 10.1. The van der Waals surface area contributed by atoms with E-state index in [1.807, 2.05) is 0 Å². The molecule has 9 heteroatoms. The highest BCUT2D eigenvalue weighted by molar-refractivity contribution is 7.90. The highest BCUT2D eigenvalue weighted by Crippen LogP contribution is 2.18. The van der Waals surface area contributed by atoms with E-state index in [2.05, 4.69) is 16.2 Å². The van der Waals surface area contributed by atoms with Crippen molar-refractivity contribution in [2.24, 2.45) is 0 Å². The van der Waals surface area contributed by atoms with Gasteiger partial charge < -0.3 is 5.32 Å². The Morgan fingerprint density at radius 2 is 1.22 bits per heavy atom. The first-order valence-corrected chi connectivity index (χ1v) is 11.4. The molecule has 0 atom stereocenters. The summed E-state index contributed by atoms with van der Waals surface area (Å²) in [5, 5.41) is 2.77. The summed E-state index contributed by atoms with van der Waals surface area (Å²) in [6, 6.07) is 18.8. The molecule has 3 aromatic rings. The van der Waals surface area contributed by atoms with E-state index in [0.717, 1.165) is 11.8 Å². The molecule has 164 valence electrons. The average Bonchev–Trinajstić information content (AvgIpc) is 2.78. The number of anilines is 1. The fraction of sp³-hybridized carbons (Fsp3) is 0.0870. The molecule has 0 spiro atoms. The largest absolute Gasteiger partial charge is 0.322 e. The van der Waals surface area contributed by atoms with E-state index < -0.39 is 21.7 Å². The van der Waals surface area contributed by atoms with Gasteiger partial charge in [-0.3, -0.25) is 25.2 Å². The number of hydrogen-bond acceptors (Lipinski definition) is 5. The monoisotopic (exact) mass is 451 g/mol. The van der Waals surface area contributed by atoms with Gasteiger partial charge in [-0.1, -0.05) is 24.3 Å². The van der Waals surface area contributed by atoms with Crippen LogP contribution in [0, 0.1) is 6.92 Å². The summed E-state index contributed by atoms with van der Waals surface area (Å²) >= 11 is 0. The summed E-state index contributed by atoms with van der Waals surface area (Å²) in [7, 11) is -3.37. The zero-order valence-corrected chi connectivity index (χ0v) is 18.2. The topological polar surface area (TPSA) is 121 Å². The van der Waals surface area contributed by atoms with E-state index in [-0.39, 0.29) is 21.9 Å². The van der Waals surface area contributed by atoms with Crippen molar-refractivity contribution in [3.63, 3.8) is 0 Å². The highest BCUT2D eigenvalue weighted by Gasteiger charge is 2.14. The zero-order valence-electron chi connectivity index (χ0n) is 17.4. The van der Waals surface area contributed by atoms with E-state index >= 15 is 0 Å². The molecule has 3 rings (SSSR count). The van der Waals surface area contributed by atoms with Gasteiger partial charge in [0.2, 0.25) is 0 Å². The van der Waals surface area contributed by atoms with Gasteiger partial charge >= 0.3 is 0 Å². The predicted molar refractivity (Wildman–Crippen MR) is 120 cm³/mol. The molecule has 0 fully saturated rings. The normalized spacial score (nSPS) is 10.8. The van der Waals surface area contributed by atoms with Gasteiger partial charge in [-0.05, 0) is 61.0 Å². The number of carbonyl (C=O) groups is 3. The number of aryl methyl sites for hydroxylation is 1. The van der Waals surface area contributed by atoms with Crippen molar-refractivity contribution in [2.75, 3.05) is 11.6 Å². The third kappa shape index (κ3) is 5.58. The van der Waals surface area contributed by atoms with E-state index in [1.165, 1.54) is 30.3 Å². The second-order valence-electron chi connectivity index (χ2n) is 7.05. The molecule has 0 radical (unpaired) electrons. The maximum absolute atomic E-state index is 12.5. The second kappa shape index (κ2) is 9.44. The molecule has 0 saturated carbocycles. The third-order valence-corrected chi connectivity index (χ3v) is 5.75.